The van der Waals surface area contributed by atoms with Crippen LogP contribution in [-0.2, 0) is 0 Å². The zero-order valence-corrected chi connectivity index (χ0v) is 10.0. The van der Waals surface area contributed by atoms with Gasteiger partial charge in [-0.05, 0) is 19.9 Å². The van der Waals surface area contributed by atoms with Gasteiger partial charge in [-0.25, -0.2) is 0 Å². The summed E-state index contributed by atoms with van der Waals surface area (Å²) in [4.78, 5) is 5.31. The van der Waals surface area contributed by atoms with E-state index in [1.807, 2.05) is 7.05 Å². The molecule has 2 aliphatic rings. The van der Waals surface area contributed by atoms with Crippen molar-refractivity contribution in [1.82, 2.24) is 15.1 Å². The Kier molecular flexibility index (Phi) is 4.42. The fourth-order valence-corrected chi connectivity index (χ4v) is 2.89. The maximum absolute atomic E-state index is 3.23. The monoisotopic (exact) mass is 211 g/mol. The topological polar surface area (TPSA) is 18.5 Å². The van der Waals surface area contributed by atoms with Crippen molar-refractivity contribution < 1.29 is 0 Å². The zero-order chi connectivity index (χ0) is 10.5. The van der Waals surface area contributed by atoms with Gasteiger partial charge in [0.05, 0.1) is 0 Å². The Balaban J connectivity index is 1.67. The van der Waals surface area contributed by atoms with Gasteiger partial charge < -0.3 is 5.32 Å². The third kappa shape index (κ3) is 3.16. The zero-order valence-electron chi connectivity index (χ0n) is 10.0. The molecule has 0 aromatic rings. The van der Waals surface area contributed by atoms with Gasteiger partial charge in [0, 0.05) is 45.3 Å². The molecule has 1 saturated heterocycles. The standard InChI is InChI=1S/C12H25N3/c1-13-6-7-14-8-10-15(11-9-14)12-4-2-3-5-12/h12-13H,2-11H2,1H3. The van der Waals surface area contributed by atoms with Gasteiger partial charge in [-0.2, -0.15) is 0 Å². The smallest absolute Gasteiger partial charge is 0.0113 e. The van der Waals surface area contributed by atoms with Crippen molar-refractivity contribution in [3.05, 3.63) is 0 Å². The Morgan fingerprint density at radius 1 is 1.07 bits per heavy atom. The summed E-state index contributed by atoms with van der Waals surface area (Å²) in [6.45, 7) is 7.50. The summed E-state index contributed by atoms with van der Waals surface area (Å²) in [6, 6.07) is 0.927. The van der Waals surface area contributed by atoms with Gasteiger partial charge in [0.1, 0.15) is 0 Å². The summed E-state index contributed by atoms with van der Waals surface area (Å²) in [5, 5.41) is 3.23. The molecule has 1 N–H and O–H groups in total. The predicted octanol–water partition coefficient (Wildman–Crippen LogP) is 0.766. The summed E-state index contributed by atoms with van der Waals surface area (Å²) >= 11 is 0. The van der Waals surface area contributed by atoms with Crippen molar-refractivity contribution in [2.75, 3.05) is 46.3 Å². The lowest BCUT2D eigenvalue weighted by atomic mass is 10.2. The van der Waals surface area contributed by atoms with E-state index in [2.05, 4.69) is 15.1 Å². The summed E-state index contributed by atoms with van der Waals surface area (Å²) < 4.78 is 0. The molecule has 0 atom stereocenters. The molecule has 3 heteroatoms. The van der Waals surface area contributed by atoms with Crippen molar-refractivity contribution in [2.45, 2.75) is 31.7 Å². The predicted molar refractivity (Wildman–Crippen MR) is 64.2 cm³/mol. The van der Waals surface area contributed by atoms with E-state index in [1.165, 1.54) is 58.4 Å². The summed E-state index contributed by atoms with van der Waals surface area (Å²) in [6.07, 6.45) is 5.84. The van der Waals surface area contributed by atoms with Gasteiger partial charge in [-0.3, -0.25) is 9.80 Å². The van der Waals surface area contributed by atoms with E-state index in [4.69, 9.17) is 0 Å². The summed E-state index contributed by atoms with van der Waals surface area (Å²) in [5.74, 6) is 0. The first kappa shape index (κ1) is 11.4. The van der Waals surface area contributed by atoms with Crippen LogP contribution in [0.1, 0.15) is 25.7 Å². The van der Waals surface area contributed by atoms with Crippen LogP contribution in [0.4, 0.5) is 0 Å². The van der Waals surface area contributed by atoms with Crippen LogP contribution >= 0.6 is 0 Å². The first-order valence-corrected chi connectivity index (χ1v) is 6.51. The van der Waals surface area contributed by atoms with Crippen LogP contribution in [0.5, 0.6) is 0 Å². The van der Waals surface area contributed by atoms with Crippen LogP contribution in [0.3, 0.4) is 0 Å². The maximum Gasteiger partial charge on any atom is 0.0113 e. The molecule has 0 unspecified atom stereocenters. The molecule has 1 aliphatic heterocycles. The number of piperazine rings is 1. The molecule has 0 aromatic carbocycles. The van der Waals surface area contributed by atoms with Crippen molar-refractivity contribution in [1.29, 1.82) is 0 Å². The molecule has 88 valence electrons. The lowest BCUT2D eigenvalue weighted by Gasteiger charge is -2.38. The molecular formula is C12H25N3. The number of nitrogens with one attached hydrogen (secondary N) is 1. The molecular weight excluding hydrogens is 186 g/mol. The molecule has 1 heterocycles. The normalized spacial score (nSPS) is 26.2. The van der Waals surface area contributed by atoms with E-state index in [0.717, 1.165) is 12.6 Å². The maximum atomic E-state index is 3.23. The highest BCUT2D eigenvalue weighted by Crippen LogP contribution is 2.24. The SMILES string of the molecule is CNCCN1CCN(C2CCCC2)CC1. The third-order valence-electron chi connectivity index (χ3n) is 3.93. The largest absolute Gasteiger partial charge is 0.318 e. The fourth-order valence-electron chi connectivity index (χ4n) is 2.89. The Morgan fingerprint density at radius 2 is 1.73 bits per heavy atom. The molecule has 0 radical (unpaired) electrons. The second-order valence-electron chi connectivity index (χ2n) is 4.92. The van der Waals surface area contributed by atoms with Crippen LogP contribution in [-0.4, -0.2) is 62.2 Å². The van der Waals surface area contributed by atoms with Crippen LogP contribution in [0.15, 0.2) is 0 Å². The van der Waals surface area contributed by atoms with Crippen LogP contribution in [0.25, 0.3) is 0 Å². The van der Waals surface area contributed by atoms with E-state index in [1.54, 1.807) is 0 Å². The van der Waals surface area contributed by atoms with E-state index >= 15 is 0 Å². The minimum absolute atomic E-state index is 0.927. The Labute approximate surface area is 93.8 Å². The molecule has 1 aliphatic carbocycles. The number of nitrogens with zero attached hydrogens (tertiary/aromatic N) is 2. The second kappa shape index (κ2) is 5.83. The lowest BCUT2D eigenvalue weighted by Crippen LogP contribution is -2.50. The van der Waals surface area contributed by atoms with Crippen LogP contribution in [0, 0.1) is 0 Å². The minimum Gasteiger partial charge on any atom is -0.318 e. The van der Waals surface area contributed by atoms with Crippen molar-refractivity contribution in [3.63, 3.8) is 0 Å². The Bertz CT molecular complexity index is 170. The molecule has 3 nitrogen and oxygen atoms in total. The van der Waals surface area contributed by atoms with Crippen LogP contribution < -0.4 is 5.32 Å². The highest BCUT2D eigenvalue weighted by molar-refractivity contribution is 4.81. The lowest BCUT2D eigenvalue weighted by molar-refractivity contribution is 0.0988. The van der Waals surface area contributed by atoms with Gasteiger partial charge in [0.25, 0.3) is 0 Å². The molecule has 0 amide bonds. The van der Waals surface area contributed by atoms with Crippen molar-refractivity contribution in [2.24, 2.45) is 0 Å². The third-order valence-corrected chi connectivity index (χ3v) is 3.93. The quantitative estimate of drug-likeness (QED) is 0.741. The average Bonchev–Trinajstić information content (AvgIpc) is 2.80. The van der Waals surface area contributed by atoms with Gasteiger partial charge in [-0.1, -0.05) is 12.8 Å². The Morgan fingerprint density at radius 3 is 2.33 bits per heavy atom. The number of hydrogen-bond donors (Lipinski definition) is 1. The number of hydrogen-bond acceptors (Lipinski definition) is 3. The van der Waals surface area contributed by atoms with Crippen LogP contribution in [0.2, 0.25) is 0 Å². The first-order chi connectivity index (χ1) is 7.40. The highest BCUT2D eigenvalue weighted by Gasteiger charge is 2.25. The molecule has 0 spiro atoms. The van der Waals surface area contributed by atoms with Gasteiger partial charge in [-0.15, -0.1) is 0 Å². The average molecular weight is 211 g/mol. The molecule has 2 rings (SSSR count). The fraction of sp³-hybridized carbons (Fsp3) is 1.00. The molecule has 0 aromatic heterocycles. The molecule has 0 bridgehead atoms. The minimum atomic E-state index is 0.927. The van der Waals surface area contributed by atoms with Gasteiger partial charge >= 0.3 is 0 Å². The molecule has 1 saturated carbocycles. The second-order valence-corrected chi connectivity index (χ2v) is 4.92. The Hall–Kier alpha value is -0.120. The first-order valence-electron chi connectivity index (χ1n) is 6.51. The summed E-state index contributed by atoms with van der Waals surface area (Å²) in [7, 11) is 2.04. The molecule has 2 fully saturated rings. The highest BCUT2D eigenvalue weighted by atomic mass is 15.3. The van der Waals surface area contributed by atoms with E-state index in [9.17, 15) is 0 Å². The number of likely N-dealkylation sites (N-methyl/N-ethyl adjacent to an activating group) is 1. The summed E-state index contributed by atoms with van der Waals surface area (Å²) in [5.41, 5.74) is 0. The molecule has 15 heavy (non-hydrogen) atoms. The van der Waals surface area contributed by atoms with Crippen molar-refractivity contribution in [3.8, 4) is 0 Å². The van der Waals surface area contributed by atoms with E-state index in [-0.39, 0.29) is 0 Å². The number of rotatable bonds is 4. The van der Waals surface area contributed by atoms with Gasteiger partial charge in [0.15, 0.2) is 0 Å². The van der Waals surface area contributed by atoms with Gasteiger partial charge in [0.2, 0.25) is 0 Å². The van der Waals surface area contributed by atoms with Crippen molar-refractivity contribution >= 4 is 0 Å². The van der Waals surface area contributed by atoms with E-state index in [0.29, 0.717) is 0 Å². The van der Waals surface area contributed by atoms with E-state index < -0.39 is 0 Å².